The van der Waals surface area contributed by atoms with Crippen LogP contribution in [0, 0.1) is 0 Å². The minimum absolute atomic E-state index is 0.0795. The first kappa shape index (κ1) is 10.5. The van der Waals surface area contributed by atoms with Crippen molar-refractivity contribution in [1.82, 2.24) is 9.97 Å². The van der Waals surface area contributed by atoms with Gasteiger partial charge in [0.05, 0.1) is 0 Å². The average molecular weight is 232 g/mol. The van der Waals surface area contributed by atoms with Gasteiger partial charge in [-0.2, -0.15) is 0 Å². The van der Waals surface area contributed by atoms with E-state index in [-0.39, 0.29) is 5.69 Å². The molecule has 80 valence electrons. The molecule has 0 aliphatic heterocycles. The first-order chi connectivity index (χ1) is 7.75. The van der Waals surface area contributed by atoms with E-state index in [0.717, 1.165) is 5.56 Å². The van der Waals surface area contributed by atoms with Crippen LogP contribution in [0.25, 0.3) is 12.2 Å². The van der Waals surface area contributed by atoms with Crippen molar-refractivity contribution in [2.45, 2.75) is 0 Å². The van der Waals surface area contributed by atoms with Crippen LogP contribution in [-0.4, -0.2) is 21.0 Å². The monoisotopic (exact) mass is 232 g/mol. The molecule has 0 atom stereocenters. The van der Waals surface area contributed by atoms with E-state index in [0.29, 0.717) is 5.01 Å². The van der Waals surface area contributed by atoms with Crippen LogP contribution in [0.3, 0.4) is 0 Å². The van der Waals surface area contributed by atoms with E-state index in [1.165, 1.54) is 16.7 Å². The van der Waals surface area contributed by atoms with Crippen LogP contribution >= 0.6 is 11.3 Å². The second kappa shape index (κ2) is 4.67. The van der Waals surface area contributed by atoms with Gasteiger partial charge in [-0.1, -0.05) is 12.1 Å². The van der Waals surface area contributed by atoms with Gasteiger partial charge < -0.3 is 5.11 Å². The molecule has 0 fully saturated rings. The molecule has 0 radical (unpaired) electrons. The summed E-state index contributed by atoms with van der Waals surface area (Å²) in [5.74, 6) is -1.00. The SMILES string of the molecule is O=C(O)c1csc(/C=C/c2cccnc2)n1. The number of pyridine rings is 1. The fourth-order valence-electron chi connectivity index (χ4n) is 1.10. The molecule has 16 heavy (non-hydrogen) atoms. The fraction of sp³-hybridized carbons (Fsp3) is 0. The summed E-state index contributed by atoms with van der Waals surface area (Å²) in [5.41, 5.74) is 1.03. The van der Waals surface area contributed by atoms with Gasteiger partial charge in [0.2, 0.25) is 0 Å². The predicted octanol–water partition coefficient (Wildman–Crippen LogP) is 2.41. The van der Waals surface area contributed by atoms with Crippen molar-refractivity contribution < 1.29 is 9.90 Å². The van der Waals surface area contributed by atoms with Gasteiger partial charge in [-0.3, -0.25) is 4.98 Å². The number of carboxylic acid groups (broad SMARTS) is 1. The molecule has 0 unspecified atom stereocenters. The summed E-state index contributed by atoms with van der Waals surface area (Å²) in [5, 5.41) is 10.9. The molecule has 1 N–H and O–H groups in total. The number of hydrogen-bond donors (Lipinski definition) is 1. The standard InChI is InChI=1S/C11H8N2O2S/c14-11(15)9-7-16-10(13-9)4-3-8-2-1-5-12-6-8/h1-7H,(H,14,15)/b4-3+. The van der Waals surface area contributed by atoms with E-state index in [9.17, 15) is 4.79 Å². The van der Waals surface area contributed by atoms with Crippen molar-refractivity contribution in [2.75, 3.05) is 0 Å². The Labute approximate surface area is 95.9 Å². The molecule has 0 bridgehead atoms. The number of hydrogen-bond acceptors (Lipinski definition) is 4. The summed E-state index contributed by atoms with van der Waals surface area (Å²) < 4.78 is 0. The number of aromatic carboxylic acids is 1. The summed E-state index contributed by atoms with van der Waals surface area (Å²) in [6.07, 6.45) is 7.04. The van der Waals surface area contributed by atoms with Gasteiger partial charge in [-0.25, -0.2) is 9.78 Å². The molecule has 2 rings (SSSR count). The predicted molar refractivity (Wildman–Crippen MR) is 62.2 cm³/mol. The second-order valence-corrected chi connectivity index (χ2v) is 3.89. The highest BCUT2D eigenvalue weighted by atomic mass is 32.1. The van der Waals surface area contributed by atoms with Crippen LogP contribution in [0.1, 0.15) is 21.1 Å². The van der Waals surface area contributed by atoms with Crippen LogP contribution in [0.15, 0.2) is 29.9 Å². The molecule has 0 aromatic carbocycles. The first-order valence-electron chi connectivity index (χ1n) is 4.52. The largest absolute Gasteiger partial charge is 0.476 e. The molecule has 0 saturated heterocycles. The van der Waals surface area contributed by atoms with Gasteiger partial charge in [0, 0.05) is 17.8 Å². The fourth-order valence-corrected chi connectivity index (χ4v) is 1.79. The van der Waals surface area contributed by atoms with Crippen molar-refractivity contribution >= 4 is 29.5 Å². The third kappa shape index (κ3) is 2.52. The topological polar surface area (TPSA) is 63.1 Å². The first-order valence-corrected chi connectivity index (χ1v) is 5.40. The third-order valence-electron chi connectivity index (χ3n) is 1.84. The molecule has 0 aliphatic carbocycles. The van der Waals surface area contributed by atoms with Crippen LogP contribution in [0.4, 0.5) is 0 Å². The average Bonchev–Trinajstić information content (AvgIpc) is 2.76. The summed E-state index contributed by atoms with van der Waals surface area (Å²) in [6, 6.07) is 3.75. The summed E-state index contributed by atoms with van der Waals surface area (Å²) in [6.45, 7) is 0. The molecular weight excluding hydrogens is 224 g/mol. The van der Waals surface area contributed by atoms with Crippen molar-refractivity contribution in [3.8, 4) is 0 Å². The highest BCUT2D eigenvalue weighted by Gasteiger charge is 2.06. The van der Waals surface area contributed by atoms with E-state index >= 15 is 0 Å². The Balaban J connectivity index is 2.15. The smallest absolute Gasteiger partial charge is 0.355 e. The summed E-state index contributed by atoms with van der Waals surface area (Å²) in [4.78, 5) is 18.5. The highest BCUT2D eigenvalue weighted by Crippen LogP contribution is 2.13. The van der Waals surface area contributed by atoms with Crippen molar-refractivity contribution in [2.24, 2.45) is 0 Å². The van der Waals surface area contributed by atoms with Crippen molar-refractivity contribution in [1.29, 1.82) is 0 Å². The molecular formula is C11H8N2O2S. The van der Waals surface area contributed by atoms with E-state index in [1.807, 2.05) is 18.2 Å². The molecule has 5 heteroatoms. The molecule has 0 saturated carbocycles. The van der Waals surface area contributed by atoms with Crippen LogP contribution in [-0.2, 0) is 0 Å². The second-order valence-electron chi connectivity index (χ2n) is 3.00. The lowest BCUT2D eigenvalue weighted by atomic mass is 10.3. The number of carbonyl (C=O) groups is 1. The van der Waals surface area contributed by atoms with E-state index in [4.69, 9.17) is 5.11 Å². The molecule has 2 aromatic heterocycles. The minimum Gasteiger partial charge on any atom is -0.476 e. The minimum atomic E-state index is -1.00. The Hall–Kier alpha value is -2.01. The van der Waals surface area contributed by atoms with Crippen molar-refractivity contribution in [3.63, 3.8) is 0 Å². The van der Waals surface area contributed by atoms with Crippen LogP contribution in [0.2, 0.25) is 0 Å². The van der Waals surface area contributed by atoms with E-state index in [2.05, 4.69) is 9.97 Å². The number of nitrogens with zero attached hydrogens (tertiary/aromatic N) is 2. The van der Waals surface area contributed by atoms with Gasteiger partial charge >= 0.3 is 5.97 Å². The summed E-state index contributed by atoms with van der Waals surface area (Å²) >= 11 is 1.30. The summed E-state index contributed by atoms with van der Waals surface area (Å²) in [7, 11) is 0. The Kier molecular flexibility index (Phi) is 3.07. The van der Waals surface area contributed by atoms with Gasteiger partial charge in [-0.15, -0.1) is 11.3 Å². The molecule has 2 heterocycles. The Morgan fingerprint density at radius 3 is 2.94 bits per heavy atom. The van der Waals surface area contributed by atoms with Gasteiger partial charge in [0.15, 0.2) is 5.69 Å². The van der Waals surface area contributed by atoms with Crippen LogP contribution < -0.4 is 0 Å². The van der Waals surface area contributed by atoms with Gasteiger partial charge in [0.1, 0.15) is 5.01 Å². The van der Waals surface area contributed by atoms with E-state index in [1.54, 1.807) is 18.5 Å². The molecule has 4 nitrogen and oxygen atoms in total. The normalized spacial score (nSPS) is 10.8. The molecule has 0 spiro atoms. The Morgan fingerprint density at radius 1 is 1.44 bits per heavy atom. The van der Waals surface area contributed by atoms with Gasteiger partial charge in [-0.05, 0) is 17.7 Å². The quantitative estimate of drug-likeness (QED) is 0.882. The van der Waals surface area contributed by atoms with Crippen molar-refractivity contribution in [3.05, 3.63) is 46.2 Å². The number of carboxylic acids is 1. The third-order valence-corrected chi connectivity index (χ3v) is 2.65. The Morgan fingerprint density at radius 2 is 2.31 bits per heavy atom. The number of aromatic nitrogens is 2. The maximum absolute atomic E-state index is 10.6. The zero-order valence-electron chi connectivity index (χ0n) is 8.20. The maximum atomic E-state index is 10.6. The zero-order chi connectivity index (χ0) is 11.4. The Bertz CT molecular complexity index is 520. The molecule has 0 amide bonds. The number of rotatable bonds is 3. The lowest BCUT2D eigenvalue weighted by Crippen LogP contribution is -1.95. The molecule has 2 aromatic rings. The number of thiazole rings is 1. The highest BCUT2D eigenvalue weighted by molar-refractivity contribution is 7.10. The van der Waals surface area contributed by atoms with Crippen LogP contribution in [0.5, 0.6) is 0 Å². The van der Waals surface area contributed by atoms with E-state index < -0.39 is 5.97 Å². The zero-order valence-corrected chi connectivity index (χ0v) is 9.02. The van der Waals surface area contributed by atoms with Gasteiger partial charge in [0.25, 0.3) is 0 Å². The maximum Gasteiger partial charge on any atom is 0.355 e. The lowest BCUT2D eigenvalue weighted by molar-refractivity contribution is 0.0691. The lowest BCUT2D eigenvalue weighted by Gasteiger charge is -1.88. The molecule has 0 aliphatic rings.